The lowest BCUT2D eigenvalue weighted by Crippen LogP contribution is -2.46. The minimum Gasteiger partial charge on any atom is -0.461 e. The molecule has 0 aliphatic heterocycles. The largest absolute Gasteiger partial charge is 0.461 e. The third-order valence-electron chi connectivity index (χ3n) is 13.2. The van der Waals surface area contributed by atoms with Crippen molar-refractivity contribution in [3.8, 4) is 0 Å². The number of hydrogen-bond donors (Lipinski definition) is 3. The molecule has 0 aromatic carbocycles. The van der Waals surface area contributed by atoms with Gasteiger partial charge in [0.05, 0.1) is 25.2 Å². The van der Waals surface area contributed by atoms with Gasteiger partial charge in [0.1, 0.15) is 6.10 Å². The van der Waals surface area contributed by atoms with E-state index < -0.39 is 18.2 Å². The molecule has 0 saturated carbocycles. The third-order valence-corrected chi connectivity index (χ3v) is 13.2. The predicted molar refractivity (Wildman–Crippen MR) is 305 cm³/mol. The van der Waals surface area contributed by atoms with Crippen LogP contribution in [0, 0.1) is 0 Å². The molecule has 3 N–H and O–H groups in total. The van der Waals surface area contributed by atoms with Crippen LogP contribution in [0.1, 0.15) is 284 Å². The van der Waals surface area contributed by atoms with Crippen LogP contribution >= 0.6 is 0 Å². The highest BCUT2D eigenvalue weighted by molar-refractivity contribution is 5.77. The number of allylic oxidation sites excluding steroid dienone is 13. The number of amides is 1. The molecule has 0 aliphatic rings. The normalized spacial score (nSPS) is 13.7. The van der Waals surface area contributed by atoms with Gasteiger partial charge in [-0.3, -0.25) is 9.59 Å². The molecular formula is C64H113NO5. The first-order chi connectivity index (χ1) is 34.5. The van der Waals surface area contributed by atoms with Gasteiger partial charge in [0.25, 0.3) is 0 Å². The van der Waals surface area contributed by atoms with Crippen molar-refractivity contribution in [1.29, 1.82) is 0 Å². The number of unbranched alkanes of at least 4 members (excludes halogenated alkanes) is 28. The minimum atomic E-state index is -0.818. The molecule has 404 valence electrons. The molecule has 6 heteroatoms. The first kappa shape index (κ1) is 67.0. The summed E-state index contributed by atoms with van der Waals surface area (Å²) in [4.78, 5) is 26.3. The molecular weight excluding hydrogens is 863 g/mol. The summed E-state index contributed by atoms with van der Waals surface area (Å²) >= 11 is 0. The molecule has 0 rings (SSSR count). The summed E-state index contributed by atoms with van der Waals surface area (Å²) in [5.41, 5.74) is 0. The lowest BCUT2D eigenvalue weighted by molar-refractivity contribution is -0.150. The Bertz CT molecular complexity index is 1330. The summed E-state index contributed by atoms with van der Waals surface area (Å²) in [6.07, 6.45) is 75.2. The number of carbonyl (C=O) groups excluding carboxylic acids is 2. The van der Waals surface area contributed by atoms with Crippen LogP contribution < -0.4 is 5.32 Å². The minimum absolute atomic E-state index is 0.00657. The number of rotatable bonds is 53. The second-order valence-corrected chi connectivity index (χ2v) is 20.1. The highest BCUT2D eigenvalue weighted by atomic mass is 16.5. The van der Waals surface area contributed by atoms with Gasteiger partial charge < -0.3 is 20.3 Å². The topological polar surface area (TPSA) is 95.9 Å². The van der Waals surface area contributed by atoms with Crippen molar-refractivity contribution in [3.63, 3.8) is 0 Å². The van der Waals surface area contributed by atoms with Crippen LogP contribution in [-0.4, -0.2) is 46.9 Å². The van der Waals surface area contributed by atoms with Crippen LogP contribution in [0.15, 0.2) is 85.1 Å². The van der Waals surface area contributed by atoms with Crippen molar-refractivity contribution in [2.75, 3.05) is 6.61 Å². The fourth-order valence-electron chi connectivity index (χ4n) is 8.65. The molecule has 1 amide bonds. The molecule has 0 aromatic heterocycles. The molecule has 0 bridgehead atoms. The average Bonchev–Trinajstić information content (AvgIpc) is 3.35. The summed E-state index contributed by atoms with van der Waals surface area (Å²) in [5.74, 6) is -0.588. The molecule has 0 heterocycles. The molecule has 70 heavy (non-hydrogen) atoms. The summed E-state index contributed by atoms with van der Waals surface area (Å²) in [6, 6.07) is -0.739. The van der Waals surface area contributed by atoms with E-state index in [1.165, 1.54) is 161 Å². The highest BCUT2D eigenvalue weighted by Gasteiger charge is 2.23. The summed E-state index contributed by atoms with van der Waals surface area (Å²) in [5, 5.41) is 23.9. The smallest absolute Gasteiger partial charge is 0.306 e. The zero-order valence-corrected chi connectivity index (χ0v) is 46.1. The number of esters is 1. The van der Waals surface area contributed by atoms with Crippen molar-refractivity contribution in [2.45, 2.75) is 302 Å². The first-order valence-electron chi connectivity index (χ1n) is 29.8. The van der Waals surface area contributed by atoms with Crippen LogP contribution in [0.3, 0.4) is 0 Å². The van der Waals surface area contributed by atoms with Gasteiger partial charge in [-0.15, -0.1) is 0 Å². The van der Waals surface area contributed by atoms with E-state index in [1.54, 1.807) is 0 Å². The lowest BCUT2D eigenvalue weighted by Gasteiger charge is -2.24. The van der Waals surface area contributed by atoms with Gasteiger partial charge >= 0.3 is 5.97 Å². The van der Waals surface area contributed by atoms with E-state index in [9.17, 15) is 19.8 Å². The van der Waals surface area contributed by atoms with E-state index in [2.05, 4.69) is 105 Å². The van der Waals surface area contributed by atoms with E-state index in [-0.39, 0.29) is 24.9 Å². The van der Waals surface area contributed by atoms with Gasteiger partial charge in [-0.05, 0) is 83.5 Å². The summed E-state index contributed by atoms with van der Waals surface area (Å²) in [7, 11) is 0. The summed E-state index contributed by atoms with van der Waals surface area (Å²) in [6.45, 7) is 6.42. The Kier molecular flexibility index (Phi) is 54.5. The molecule has 0 aliphatic carbocycles. The Morgan fingerprint density at radius 2 is 0.757 bits per heavy atom. The molecule has 0 aromatic rings. The molecule has 3 atom stereocenters. The number of carbonyl (C=O) groups is 2. The van der Waals surface area contributed by atoms with E-state index in [0.717, 1.165) is 77.0 Å². The first-order valence-corrected chi connectivity index (χ1v) is 29.8. The van der Waals surface area contributed by atoms with Gasteiger partial charge in [-0.1, -0.05) is 266 Å². The number of ether oxygens (including phenoxy) is 1. The molecule has 3 unspecified atom stereocenters. The number of aliphatic hydroxyl groups is 2. The monoisotopic (exact) mass is 976 g/mol. The quantitative estimate of drug-likeness (QED) is 0.0321. The second-order valence-electron chi connectivity index (χ2n) is 20.1. The van der Waals surface area contributed by atoms with Crippen molar-refractivity contribution < 1.29 is 24.5 Å². The average molecular weight is 977 g/mol. The van der Waals surface area contributed by atoms with E-state index >= 15 is 0 Å². The third kappa shape index (κ3) is 51.4. The fraction of sp³-hybridized carbons (Fsp3) is 0.750. The Balaban J connectivity index is 4.66. The van der Waals surface area contributed by atoms with E-state index in [0.29, 0.717) is 19.3 Å². The standard InChI is InChI=1S/C64H113NO5/c1-4-7-10-13-16-19-22-25-28-30-31-33-36-39-42-45-48-51-54-57-64(69)70-60(55-52-49-46-43-40-37-34-27-24-21-18-15-12-9-6-3)58-63(68)65-61(59-66)62(67)56-53-50-47-44-41-38-35-32-29-26-23-20-17-14-11-8-5-2/h16,18-19,21,25,27-28,31,33-34,40,43,49,52,60-62,66-67H,4-15,17,20,22-24,26,29-30,32,35-39,41-42,44-48,50-51,53-59H2,1-3H3,(H,65,68)/b19-16-,21-18-,28-25-,33-31-,34-27-,43-40-,52-49-. The molecule has 0 spiro atoms. The number of aliphatic hydroxyl groups excluding tert-OH is 2. The molecule has 0 fully saturated rings. The van der Waals surface area contributed by atoms with E-state index in [4.69, 9.17) is 4.74 Å². The van der Waals surface area contributed by atoms with Crippen molar-refractivity contribution >= 4 is 11.9 Å². The SMILES string of the molecule is CCCCC/C=C\C/C=C\C/C=C\C/C=C\CC(CC(=O)NC(CO)C(O)CCCCCCCCCCCCCCCCCCC)OC(=O)CCCCCCCC/C=C\C/C=C\C/C=C\CCCCC. The van der Waals surface area contributed by atoms with Gasteiger partial charge in [0.2, 0.25) is 5.91 Å². The lowest BCUT2D eigenvalue weighted by atomic mass is 10.0. The van der Waals surface area contributed by atoms with Crippen LogP contribution in [0.2, 0.25) is 0 Å². The van der Waals surface area contributed by atoms with Crippen LogP contribution in [0.4, 0.5) is 0 Å². The molecule has 0 radical (unpaired) electrons. The second kappa shape index (κ2) is 56.9. The van der Waals surface area contributed by atoms with Crippen LogP contribution in [-0.2, 0) is 14.3 Å². The maximum atomic E-state index is 13.3. The van der Waals surface area contributed by atoms with E-state index in [1.807, 2.05) is 6.08 Å². The maximum Gasteiger partial charge on any atom is 0.306 e. The highest BCUT2D eigenvalue weighted by Crippen LogP contribution is 2.17. The predicted octanol–water partition coefficient (Wildman–Crippen LogP) is 18.7. The van der Waals surface area contributed by atoms with Crippen molar-refractivity contribution in [1.82, 2.24) is 5.32 Å². The van der Waals surface area contributed by atoms with Gasteiger partial charge in [-0.25, -0.2) is 0 Å². The van der Waals surface area contributed by atoms with Crippen LogP contribution in [0.5, 0.6) is 0 Å². The summed E-state index contributed by atoms with van der Waals surface area (Å²) < 4.78 is 5.90. The van der Waals surface area contributed by atoms with Crippen LogP contribution in [0.25, 0.3) is 0 Å². The molecule has 6 nitrogen and oxygen atoms in total. The fourth-order valence-corrected chi connectivity index (χ4v) is 8.65. The van der Waals surface area contributed by atoms with Gasteiger partial charge in [-0.2, -0.15) is 0 Å². The zero-order chi connectivity index (χ0) is 50.9. The number of nitrogens with one attached hydrogen (secondary N) is 1. The Labute approximate surface area is 433 Å². The van der Waals surface area contributed by atoms with Crippen molar-refractivity contribution in [3.05, 3.63) is 85.1 Å². The number of hydrogen-bond acceptors (Lipinski definition) is 5. The van der Waals surface area contributed by atoms with Gasteiger partial charge in [0.15, 0.2) is 0 Å². The zero-order valence-electron chi connectivity index (χ0n) is 46.1. The Morgan fingerprint density at radius 3 is 1.17 bits per heavy atom. The maximum absolute atomic E-state index is 13.3. The van der Waals surface area contributed by atoms with Crippen molar-refractivity contribution in [2.24, 2.45) is 0 Å². The Hall–Kier alpha value is -2.96. The molecule has 0 saturated heterocycles. The van der Waals surface area contributed by atoms with Gasteiger partial charge in [0, 0.05) is 12.8 Å². The Morgan fingerprint density at radius 1 is 0.429 bits per heavy atom.